The Hall–Kier alpha value is -1.20. The Kier molecular flexibility index (Phi) is 4.49. The quantitative estimate of drug-likeness (QED) is 0.667. The number of rotatable bonds is 3. The van der Waals surface area contributed by atoms with Crippen LogP contribution in [0, 0.1) is 0 Å². The van der Waals surface area contributed by atoms with Gasteiger partial charge in [0.2, 0.25) is 5.91 Å². The Labute approximate surface area is 111 Å². The molecule has 1 fully saturated rings. The Bertz CT molecular complexity index is 408. The number of anilines is 1. The minimum absolute atomic E-state index is 0.143. The van der Waals surface area contributed by atoms with Gasteiger partial charge >= 0.3 is 0 Å². The van der Waals surface area contributed by atoms with Crippen molar-refractivity contribution in [3.05, 3.63) is 24.3 Å². The Morgan fingerprint density at radius 2 is 2.22 bits per heavy atom. The van der Waals surface area contributed by atoms with Crippen molar-refractivity contribution in [1.82, 2.24) is 4.90 Å². The zero-order valence-electron chi connectivity index (χ0n) is 10.5. The van der Waals surface area contributed by atoms with E-state index in [-0.39, 0.29) is 12.0 Å². The van der Waals surface area contributed by atoms with E-state index in [1.807, 2.05) is 36.1 Å². The van der Waals surface area contributed by atoms with Crippen molar-refractivity contribution in [3.63, 3.8) is 0 Å². The number of benzene rings is 1. The predicted molar refractivity (Wildman–Crippen MR) is 73.6 cm³/mol. The van der Waals surface area contributed by atoms with Gasteiger partial charge in [0, 0.05) is 23.7 Å². The van der Waals surface area contributed by atoms with Crippen LogP contribution in [0.25, 0.3) is 0 Å². The highest BCUT2D eigenvalue weighted by Gasteiger charge is 2.20. The van der Waals surface area contributed by atoms with Crippen molar-refractivity contribution in [3.8, 4) is 0 Å². The lowest BCUT2D eigenvalue weighted by Gasteiger charge is -2.31. The van der Waals surface area contributed by atoms with E-state index < -0.39 is 0 Å². The molecule has 1 aromatic carbocycles. The van der Waals surface area contributed by atoms with E-state index in [1.54, 1.807) is 11.8 Å². The molecule has 1 saturated heterocycles. The van der Waals surface area contributed by atoms with E-state index in [9.17, 15) is 4.79 Å². The van der Waals surface area contributed by atoms with Crippen molar-refractivity contribution < 1.29 is 9.53 Å². The summed E-state index contributed by atoms with van der Waals surface area (Å²) in [4.78, 5) is 15.0. The largest absolute Gasteiger partial charge is 0.399 e. The molecule has 1 heterocycles. The molecular formula is C13H18N2O2S. The first-order valence-corrected chi connectivity index (χ1v) is 7.01. The third-order valence-electron chi connectivity index (χ3n) is 2.84. The molecule has 1 atom stereocenters. The van der Waals surface area contributed by atoms with Crippen LogP contribution in [0.3, 0.4) is 0 Å². The van der Waals surface area contributed by atoms with Crippen LogP contribution < -0.4 is 5.73 Å². The smallest absolute Gasteiger partial charge is 0.233 e. The molecule has 98 valence electrons. The number of hydrogen-bond acceptors (Lipinski definition) is 4. The van der Waals surface area contributed by atoms with Crippen LogP contribution in [-0.4, -0.2) is 42.4 Å². The van der Waals surface area contributed by atoms with E-state index in [1.165, 1.54) is 0 Å². The SMILES string of the molecule is CC1CN(C(=O)CSc2ccc(N)cc2)CCO1. The molecule has 1 amide bonds. The highest BCUT2D eigenvalue weighted by atomic mass is 32.2. The maximum atomic E-state index is 12.0. The number of thioether (sulfide) groups is 1. The fraction of sp³-hybridized carbons (Fsp3) is 0.462. The molecule has 2 rings (SSSR count). The molecule has 1 aliphatic rings. The van der Waals surface area contributed by atoms with Crippen LogP contribution in [0.5, 0.6) is 0 Å². The van der Waals surface area contributed by atoms with Gasteiger partial charge in [0.05, 0.1) is 18.5 Å². The molecule has 1 aliphatic heterocycles. The normalized spacial score (nSPS) is 19.8. The average molecular weight is 266 g/mol. The number of nitrogen functional groups attached to an aromatic ring is 1. The molecule has 0 radical (unpaired) electrons. The van der Waals surface area contributed by atoms with Crippen LogP contribution in [0.4, 0.5) is 5.69 Å². The van der Waals surface area contributed by atoms with Crippen molar-refractivity contribution >= 4 is 23.4 Å². The summed E-state index contributed by atoms with van der Waals surface area (Å²) in [5, 5.41) is 0. The number of morpholine rings is 1. The lowest BCUT2D eigenvalue weighted by molar-refractivity contribution is -0.135. The van der Waals surface area contributed by atoms with Gasteiger partial charge in [-0.25, -0.2) is 0 Å². The van der Waals surface area contributed by atoms with Gasteiger partial charge in [-0.3, -0.25) is 4.79 Å². The summed E-state index contributed by atoms with van der Waals surface area (Å²) < 4.78 is 5.42. The van der Waals surface area contributed by atoms with Gasteiger partial charge in [0.1, 0.15) is 0 Å². The summed E-state index contributed by atoms with van der Waals surface area (Å²) in [7, 11) is 0. The topological polar surface area (TPSA) is 55.6 Å². The number of carbonyl (C=O) groups excluding carboxylic acids is 1. The number of carbonyl (C=O) groups is 1. The molecule has 1 unspecified atom stereocenters. The fourth-order valence-electron chi connectivity index (χ4n) is 1.85. The van der Waals surface area contributed by atoms with Crippen LogP contribution in [0.1, 0.15) is 6.92 Å². The molecule has 0 spiro atoms. The molecule has 4 nitrogen and oxygen atoms in total. The Balaban J connectivity index is 1.82. The van der Waals surface area contributed by atoms with Crippen molar-refractivity contribution in [2.24, 2.45) is 0 Å². The standard InChI is InChI=1S/C13H18N2O2S/c1-10-8-15(6-7-17-10)13(16)9-18-12-4-2-11(14)3-5-12/h2-5,10H,6-9,14H2,1H3. The Morgan fingerprint density at radius 3 is 2.89 bits per heavy atom. The molecule has 0 aliphatic carbocycles. The first kappa shape index (κ1) is 13.2. The van der Waals surface area contributed by atoms with Gasteiger partial charge in [-0.15, -0.1) is 11.8 Å². The monoisotopic (exact) mass is 266 g/mol. The van der Waals surface area contributed by atoms with Gasteiger partial charge in [0.15, 0.2) is 0 Å². The van der Waals surface area contributed by atoms with Crippen molar-refractivity contribution in [1.29, 1.82) is 0 Å². The van der Waals surface area contributed by atoms with Crippen LogP contribution in [-0.2, 0) is 9.53 Å². The van der Waals surface area contributed by atoms with Gasteiger partial charge in [-0.05, 0) is 31.2 Å². The maximum Gasteiger partial charge on any atom is 0.233 e. The summed E-state index contributed by atoms with van der Waals surface area (Å²) in [6.45, 7) is 4.03. The van der Waals surface area contributed by atoms with E-state index in [0.717, 1.165) is 10.6 Å². The van der Waals surface area contributed by atoms with Gasteiger partial charge < -0.3 is 15.4 Å². The second-order valence-electron chi connectivity index (χ2n) is 4.38. The van der Waals surface area contributed by atoms with Gasteiger partial charge in [-0.1, -0.05) is 0 Å². The highest BCUT2D eigenvalue weighted by Crippen LogP contribution is 2.20. The summed E-state index contributed by atoms with van der Waals surface area (Å²) in [5.41, 5.74) is 6.36. The minimum Gasteiger partial charge on any atom is -0.399 e. The summed E-state index contributed by atoms with van der Waals surface area (Å²) in [5.74, 6) is 0.642. The first-order chi connectivity index (χ1) is 8.65. The molecule has 2 N–H and O–H groups in total. The molecule has 1 aromatic rings. The van der Waals surface area contributed by atoms with Crippen LogP contribution in [0.2, 0.25) is 0 Å². The first-order valence-electron chi connectivity index (χ1n) is 6.03. The predicted octanol–water partition coefficient (Wildman–Crippen LogP) is 1.61. The van der Waals surface area contributed by atoms with E-state index in [4.69, 9.17) is 10.5 Å². The molecule has 5 heteroatoms. The van der Waals surface area contributed by atoms with E-state index in [2.05, 4.69) is 0 Å². The molecule has 18 heavy (non-hydrogen) atoms. The molecule has 0 aromatic heterocycles. The minimum atomic E-state index is 0.143. The van der Waals surface area contributed by atoms with E-state index >= 15 is 0 Å². The average Bonchev–Trinajstić information content (AvgIpc) is 2.38. The lowest BCUT2D eigenvalue weighted by Crippen LogP contribution is -2.45. The molecular weight excluding hydrogens is 248 g/mol. The fourth-order valence-corrected chi connectivity index (χ4v) is 2.65. The third-order valence-corrected chi connectivity index (χ3v) is 3.83. The lowest BCUT2D eigenvalue weighted by atomic mass is 10.3. The second-order valence-corrected chi connectivity index (χ2v) is 5.43. The van der Waals surface area contributed by atoms with E-state index in [0.29, 0.717) is 25.4 Å². The van der Waals surface area contributed by atoms with Gasteiger partial charge in [-0.2, -0.15) is 0 Å². The Morgan fingerprint density at radius 1 is 1.50 bits per heavy atom. The van der Waals surface area contributed by atoms with Crippen LogP contribution >= 0.6 is 11.8 Å². The number of nitrogens with zero attached hydrogens (tertiary/aromatic N) is 1. The van der Waals surface area contributed by atoms with Gasteiger partial charge in [0.25, 0.3) is 0 Å². The molecule has 0 saturated carbocycles. The number of hydrogen-bond donors (Lipinski definition) is 1. The summed E-state index contributed by atoms with van der Waals surface area (Å²) >= 11 is 1.54. The number of ether oxygens (including phenoxy) is 1. The van der Waals surface area contributed by atoms with Crippen molar-refractivity contribution in [2.45, 2.75) is 17.9 Å². The zero-order valence-corrected chi connectivity index (χ0v) is 11.3. The zero-order chi connectivity index (χ0) is 13.0. The molecule has 0 bridgehead atoms. The second kappa shape index (κ2) is 6.11. The maximum absolute atomic E-state index is 12.0. The van der Waals surface area contributed by atoms with Crippen molar-refractivity contribution in [2.75, 3.05) is 31.2 Å². The van der Waals surface area contributed by atoms with Crippen LogP contribution in [0.15, 0.2) is 29.2 Å². The highest BCUT2D eigenvalue weighted by molar-refractivity contribution is 8.00. The third kappa shape index (κ3) is 3.65. The summed E-state index contributed by atoms with van der Waals surface area (Å²) in [6.07, 6.45) is 0.143. The summed E-state index contributed by atoms with van der Waals surface area (Å²) in [6, 6.07) is 7.58. The number of nitrogens with two attached hydrogens (primary N) is 1. The number of amides is 1.